The minimum absolute atomic E-state index is 0.483. The summed E-state index contributed by atoms with van der Waals surface area (Å²) in [5.41, 5.74) is 6.74. The van der Waals surface area contributed by atoms with E-state index in [0.29, 0.717) is 6.61 Å². The van der Waals surface area contributed by atoms with Gasteiger partial charge in [0.1, 0.15) is 12.4 Å². The summed E-state index contributed by atoms with van der Waals surface area (Å²) in [6, 6.07) is 33.7. The van der Waals surface area contributed by atoms with Crippen LogP contribution < -0.4 is 9.64 Å². The fourth-order valence-electron chi connectivity index (χ4n) is 3.35. The van der Waals surface area contributed by atoms with Crippen molar-refractivity contribution in [1.29, 1.82) is 0 Å². The molecule has 0 N–H and O–H groups in total. The lowest BCUT2D eigenvalue weighted by Gasteiger charge is -2.18. The Morgan fingerprint density at radius 1 is 0.833 bits per heavy atom. The lowest BCUT2D eigenvalue weighted by Crippen LogP contribution is -2.09. The van der Waals surface area contributed by atoms with Crippen LogP contribution in [0.4, 0.5) is 5.69 Å². The summed E-state index contributed by atoms with van der Waals surface area (Å²) in [5, 5.41) is 0.734. The van der Waals surface area contributed by atoms with Gasteiger partial charge in [-0.1, -0.05) is 66.2 Å². The standard InChI is InChI=1S/C27H23ClNO/c1-29(2)25-14-17-27(22-8-12-24(28)13-9-22)23(18-25)19-30-26-15-10-21(11-16-26)20-6-4-3-5-7-20/h3-6,8-18H,19H2,1-2H3. The van der Waals surface area contributed by atoms with Gasteiger partial charge in [-0.25, -0.2) is 0 Å². The Labute approximate surface area is 183 Å². The van der Waals surface area contributed by atoms with Crippen molar-refractivity contribution >= 4 is 17.3 Å². The molecule has 0 aliphatic carbocycles. The fourth-order valence-corrected chi connectivity index (χ4v) is 3.48. The van der Waals surface area contributed by atoms with Crippen molar-refractivity contribution < 1.29 is 4.74 Å². The van der Waals surface area contributed by atoms with Crippen molar-refractivity contribution in [3.05, 3.63) is 108 Å². The van der Waals surface area contributed by atoms with Crippen molar-refractivity contribution in [2.75, 3.05) is 19.0 Å². The average Bonchev–Trinajstić information content (AvgIpc) is 2.79. The largest absolute Gasteiger partial charge is 0.489 e. The van der Waals surface area contributed by atoms with Crippen LogP contribution >= 0.6 is 11.6 Å². The summed E-state index contributed by atoms with van der Waals surface area (Å²) in [6.45, 7) is 0.483. The smallest absolute Gasteiger partial charge is 0.119 e. The predicted octanol–water partition coefficient (Wildman–Crippen LogP) is 7.12. The van der Waals surface area contributed by atoms with Crippen molar-refractivity contribution in [2.45, 2.75) is 6.61 Å². The molecule has 4 rings (SSSR count). The van der Waals surface area contributed by atoms with Crippen molar-refractivity contribution in [3.63, 3.8) is 0 Å². The molecule has 0 spiro atoms. The van der Waals surface area contributed by atoms with E-state index in [1.54, 1.807) is 0 Å². The number of halogens is 1. The highest BCUT2D eigenvalue weighted by molar-refractivity contribution is 6.30. The first-order chi connectivity index (χ1) is 14.6. The third-order valence-corrected chi connectivity index (χ3v) is 5.28. The first-order valence-electron chi connectivity index (χ1n) is 9.86. The maximum Gasteiger partial charge on any atom is 0.119 e. The third-order valence-electron chi connectivity index (χ3n) is 5.03. The van der Waals surface area contributed by atoms with Gasteiger partial charge in [-0.2, -0.15) is 0 Å². The lowest BCUT2D eigenvalue weighted by atomic mass is 9.99. The Bertz CT molecular complexity index is 1100. The second-order valence-electron chi connectivity index (χ2n) is 7.33. The van der Waals surface area contributed by atoms with Crippen LogP contribution in [-0.4, -0.2) is 14.1 Å². The Kier molecular flexibility index (Phi) is 6.06. The van der Waals surface area contributed by atoms with E-state index in [0.717, 1.165) is 44.3 Å². The topological polar surface area (TPSA) is 12.5 Å². The van der Waals surface area contributed by atoms with Crippen LogP contribution in [0.1, 0.15) is 5.56 Å². The van der Waals surface area contributed by atoms with Gasteiger partial charge in [0, 0.05) is 24.8 Å². The third kappa shape index (κ3) is 4.67. The van der Waals surface area contributed by atoms with Gasteiger partial charge in [0.15, 0.2) is 0 Å². The van der Waals surface area contributed by atoms with E-state index in [9.17, 15) is 0 Å². The number of anilines is 1. The maximum atomic E-state index is 6.15. The SMILES string of the molecule is CN(C)c1ccc(-c2ccc(Cl)cc2)c(COc2ccc(-c3[c]cccc3)cc2)c1. The summed E-state index contributed by atoms with van der Waals surface area (Å²) in [5.74, 6) is 0.840. The molecule has 3 heteroatoms. The molecule has 1 radical (unpaired) electrons. The van der Waals surface area contributed by atoms with Crippen molar-refractivity contribution in [3.8, 4) is 28.0 Å². The Hall–Kier alpha value is -3.23. The Morgan fingerprint density at radius 2 is 1.57 bits per heavy atom. The van der Waals surface area contributed by atoms with Gasteiger partial charge in [-0.15, -0.1) is 0 Å². The normalized spacial score (nSPS) is 10.6. The molecule has 0 atom stereocenters. The van der Waals surface area contributed by atoms with Crippen LogP contribution in [-0.2, 0) is 6.61 Å². The van der Waals surface area contributed by atoms with E-state index in [1.165, 1.54) is 0 Å². The zero-order valence-electron chi connectivity index (χ0n) is 17.1. The lowest BCUT2D eigenvalue weighted by molar-refractivity contribution is 0.307. The molecule has 0 amide bonds. The minimum Gasteiger partial charge on any atom is -0.489 e. The number of hydrogen-bond donors (Lipinski definition) is 0. The number of benzene rings is 4. The average molecular weight is 413 g/mol. The van der Waals surface area contributed by atoms with Crippen LogP contribution in [0, 0.1) is 6.07 Å². The molecule has 4 aromatic carbocycles. The van der Waals surface area contributed by atoms with E-state index in [4.69, 9.17) is 16.3 Å². The van der Waals surface area contributed by atoms with Crippen LogP contribution in [0.15, 0.2) is 91.0 Å². The second kappa shape index (κ2) is 9.06. The second-order valence-corrected chi connectivity index (χ2v) is 7.77. The van der Waals surface area contributed by atoms with Crippen LogP contribution in [0.5, 0.6) is 5.75 Å². The van der Waals surface area contributed by atoms with Crippen molar-refractivity contribution in [1.82, 2.24) is 0 Å². The summed E-state index contributed by atoms with van der Waals surface area (Å²) in [6.07, 6.45) is 0. The monoisotopic (exact) mass is 412 g/mol. The van der Waals surface area contributed by atoms with Gasteiger partial charge in [-0.05, 0) is 70.3 Å². The van der Waals surface area contributed by atoms with Crippen LogP contribution in [0.2, 0.25) is 5.02 Å². The molecule has 0 saturated heterocycles. The predicted molar refractivity (Wildman–Crippen MR) is 126 cm³/mol. The van der Waals surface area contributed by atoms with Crippen molar-refractivity contribution in [2.24, 2.45) is 0 Å². The van der Waals surface area contributed by atoms with Gasteiger partial charge in [0.05, 0.1) is 0 Å². The highest BCUT2D eigenvalue weighted by atomic mass is 35.5. The van der Waals surface area contributed by atoms with Gasteiger partial charge < -0.3 is 9.64 Å². The number of nitrogens with zero attached hydrogens (tertiary/aromatic N) is 1. The van der Waals surface area contributed by atoms with Gasteiger partial charge in [0.25, 0.3) is 0 Å². The molecule has 0 aliphatic rings. The molecule has 0 aromatic heterocycles. The molecule has 4 aromatic rings. The number of ether oxygens (including phenoxy) is 1. The van der Waals surface area contributed by atoms with Gasteiger partial charge >= 0.3 is 0 Å². The first kappa shape index (κ1) is 20.1. The fraction of sp³-hybridized carbons (Fsp3) is 0.111. The molecule has 149 valence electrons. The molecule has 0 fully saturated rings. The zero-order valence-corrected chi connectivity index (χ0v) is 17.9. The Balaban J connectivity index is 1.57. The van der Waals surface area contributed by atoms with Gasteiger partial charge in [-0.3, -0.25) is 0 Å². The molecule has 2 nitrogen and oxygen atoms in total. The quantitative estimate of drug-likeness (QED) is 0.334. The first-order valence-corrected chi connectivity index (χ1v) is 10.2. The number of rotatable bonds is 6. The van der Waals surface area contributed by atoms with Crippen LogP contribution in [0.25, 0.3) is 22.3 Å². The molecular formula is C27H23ClNO. The molecule has 0 bridgehead atoms. The highest BCUT2D eigenvalue weighted by Crippen LogP contribution is 2.30. The minimum atomic E-state index is 0.483. The molecule has 0 heterocycles. The molecule has 0 unspecified atom stereocenters. The van der Waals surface area contributed by atoms with E-state index >= 15 is 0 Å². The summed E-state index contributed by atoms with van der Waals surface area (Å²) >= 11 is 6.07. The van der Waals surface area contributed by atoms with Gasteiger partial charge in [0.2, 0.25) is 0 Å². The molecule has 0 saturated carbocycles. The summed E-state index contributed by atoms with van der Waals surface area (Å²) < 4.78 is 6.15. The number of hydrogen-bond acceptors (Lipinski definition) is 2. The maximum absolute atomic E-state index is 6.15. The van der Waals surface area contributed by atoms with E-state index in [2.05, 4.69) is 47.4 Å². The molecule has 0 aliphatic heterocycles. The van der Waals surface area contributed by atoms with E-state index in [1.807, 2.05) is 68.7 Å². The van der Waals surface area contributed by atoms with E-state index < -0.39 is 0 Å². The van der Waals surface area contributed by atoms with E-state index in [-0.39, 0.29) is 0 Å². The molecular weight excluding hydrogens is 390 g/mol. The summed E-state index contributed by atoms with van der Waals surface area (Å²) in [4.78, 5) is 2.10. The van der Waals surface area contributed by atoms with Crippen LogP contribution in [0.3, 0.4) is 0 Å². The molecule has 30 heavy (non-hydrogen) atoms. The Morgan fingerprint density at radius 3 is 2.23 bits per heavy atom. The highest BCUT2D eigenvalue weighted by Gasteiger charge is 2.09. The zero-order chi connectivity index (χ0) is 20.9. The summed E-state index contributed by atoms with van der Waals surface area (Å²) in [7, 11) is 4.09.